The molecule has 1 atom stereocenters. The Balaban J connectivity index is 3.05. The lowest BCUT2D eigenvalue weighted by atomic mass is 10.5. The van der Waals surface area contributed by atoms with Gasteiger partial charge in [-0.25, -0.2) is 0 Å². The van der Waals surface area contributed by atoms with Gasteiger partial charge in [-0.2, -0.15) is 0 Å². The number of nitrogens with two attached hydrogens (primary N) is 1. The van der Waals surface area contributed by atoms with Crippen LogP contribution in [0.1, 0.15) is 19.8 Å². The molecular weight excluding hydrogens is 182 g/mol. The summed E-state index contributed by atoms with van der Waals surface area (Å²) in [5.74, 6) is 0. The zero-order chi connectivity index (χ0) is 9.94. The van der Waals surface area contributed by atoms with E-state index in [0.717, 1.165) is 19.6 Å². The van der Waals surface area contributed by atoms with Crippen LogP contribution in [0.4, 0.5) is 0 Å². The summed E-state index contributed by atoms with van der Waals surface area (Å²) >= 11 is 0. The third kappa shape index (κ3) is 8.43. The lowest BCUT2D eigenvalue weighted by molar-refractivity contribution is -0.120. The smallest absolute Gasteiger partial charge is 0.156 e. The molecule has 0 amide bonds. The molecule has 3 nitrogen and oxygen atoms in total. The van der Waals surface area contributed by atoms with Crippen molar-refractivity contribution in [2.75, 3.05) is 20.3 Å². The van der Waals surface area contributed by atoms with Gasteiger partial charge >= 0.3 is 0 Å². The van der Waals surface area contributed by atoms with E-state index < -0.39 is 0 Å². The van der Waals surface area contributed by atoms with Crippen molar-refractivity contribution in [2.45, 2.75) is 38.1 Å². The first-order valence-electron chi connectivity index (χ1n) is 5.19. The van der Waals surface area contributed by atoms with E-state index >= 15 is 0 Å². The first-order valence-corrected chi connectivity index (χ1v) is 7.19. The maximum Gasteiger partial charge on any atom is 0.156 e. The molecule has 2 N–H and O–H groups in total. The van der Waals surface area contributed by atoms with Crippen molar-refractivity contribution in [3.63, 3.8) is 0 Å². The average Bonchev–Trinajstić information content (AvgIpc) is 2.17. The minimum atomic E-state index is 0.00325. The molecule has 4 heteroatoms. The van der Waals surface area contributed by atoms with Crippen LogP contribution in [0, 0.1) is 0 Å². The standard InChI is InChI=1S/C9H23NO2Si/c1-3-9(11-2)12-6-8-13-7-4-5-10/h9H,3-8,10,13H2,1-2H3. The molecule has 0 spiro atoms. The molecule has 0 fully saturated rings. The third-order valence-electron chi connectivity index (χ3n) is 2.00. The Labute approximate surface area is 83.8 Å². The van der Waals surface area contributed by atoms with Crippen LogP contribution < -0.4 is 5.73 Å². The van der Waals surface area contributed by atoms with Crippen LogP contribution >= 0.6 is 0 Å². The Morgan fingerprint density at radius 1 is 1.38 bits per heavy atom. The Kier molecular flexibility index (Phi) is 10.3. The topological polar surface area (TPSA) is 44.5 Å². The minimum Gasteiger partial charge on any atom is -0.356 e. The molecule has 0 bridgehead atoms. The number of ether oxygens (including phenoxy) is 2. The van der Waals surface area contributed by atoms with E-state index in [-0.39, 0.29) is 15.8 Å². The van der Waals surface area contributed by atoms with E-state index in [1.807, 2.05) is 0 Å². The summed E-state index contributed by atoms with van der Waals surface area (Å²) in [7, 11) is 1.78. The van der Waals surface area contributed by atoms with Gasteiger partial charge in [-0.1, -0.05) is 13.0 Å². The predicted octanol–water partition coefficient (Wildman–Crippen LogP) is 0.740. The van der Waals surface area contributed by atoms with Crippen molar-refractivity contribution < 1.29 is 9.47 Å². The van der Waals surface area contributed by atoms with Crippen LogP contribution in [-0.2, 0) is 9.47 Å². The molecule has 80 valence electrons. The van der Waals surface area contributed by atoms with Crippen molar-refractivity contribution in [3.05, 3.63) is 0 Å². The Hall–Kier alpha value is 0.0969. The summed E-state index contributed by atoms with van der Waals surface area (Å²) in [6, 6.07) is 2.60. The molecule has 0 saturated heterocycles. The molecule has 0 aliphatic heterocycles. The van der Waals surface area contributed by atoms with Crippen molar-refractivity contribution >= 4 is 9.52 Å². The van der Waals surface area contributed by atoms with Crippen molar-refractivity contribution in [1.82, 2.24) is 0 Å². The lowest BCUT2D eigenvalue weighted by Gasteiger charge is -2.13. The third-order valence-corrected chi connectivity index (χ3v) is 3.79. The minimum absolute atomic E-state index is 0.00325. The van der Waals surface area contributed by atoms with Gasteiger partial charge in [0.2, 0.25) is 0 Å². The van der Waals surface area contributed by atoms with Gasteiger partial charge in [0.25, 0.3) is 0 Å². The highest BCUT2D eigenvalue weighted by Crippen LogP contribution is 2.00. The maximum atomic E-state index is 5.50. The van der Waals surface area contributed by atoms with Crippen LogP contribution in [-0.4, -0.2) is 36.1 Å². The van der Waals surface area contributed by atoms with Gasteiger partial charge in [-0.15, -0.1) is 0 Å². The summed E-state index contributed by atoms with van der Waals surface area (Å²) in [5.41, 5.74) is 5.41. The maximum absolute atomic E-state index is 5.50. The fraction of sp³-hybridized carbons (Fsp3) is 1.00. The van der Waals surface area contributed by atoms with E-state index in [4.69, 9.17) is 15.2 Å². The van der Waals surface area contributed by atoms with Crippen LogP contribution in [0.5, 0.6) is 0 Å². The number of methoxy groups -OCH3 is 1. The first-order chi connectivity index (χ1) is 6.35. The fourth-order valence-electron chi connectivity index (χ4n) is 1.17. The molecule has 0 radical (unpaired) electrons. The average molecular weight is 205 g/mol. The van der Waals surface area contributed by atoms with Gasteiger partial charge in [-0.3, -0.25) is 0 Å². The highest BCUT2D eigenvalue weighted by Gasteiger charge is 2.02. The van der Waals surface area contributed by atoms with Crippen LogP contribution in [0.25, 0.3) is 0 Å². The van der Waals surface area contributed by atoms with Crippen LogP contribution in [0.15, 0.2) is 0 Å². The highest BCUT2D eigenvalue weighted by atomic mass is 28.2. The van der Waals surface area contributed by atoms with Crippen molar-refractivity contribution in [2.24, 2.45) is 5.73 Å². The molecule has 0 heterocycles. The second kappa shape index (κ2) is 10.2. The molecule has 0 aliphatic carbocycles. The Morgan fingerprint density at radius 2 is 2.15 bits per heavy atom. The number of hydrogen-bond acceptors (Lipinski definition) is 3. The van der Waals surface area contributed by atoms with Gasteiger partial charge in [-0.05, 0) is 25.4 Å². The largest absolute Gasteiger partial charge is 0.356 e. The van der Waals surface area contributed by atoms with Gasteiger partial charge < -0.3 is 15.2 Å². The zero-order valence-corrected chi connectivity index (χ0v) is 10.3. The van der Waals surface area contributed by atoms with E-state index in [9.17, 15) is 0 Å². The normalized spacial score (nSPS) is 14.1. The molecule has 13 heavy (non-hydrogen) atoms. The molecule has 0 aromatic heterocycles. The highest BCUT2D eigenvalue weighted by molar-refractivity contribution is 6.35. The van der Waals surface area contributed by atoms with E-state index in [0.29, 0.717) is 0 Å². The summed E-state index contributed by atoms with van der Waals surface area (Å²) in [5, 5.41) is 0. The van der Waals surface area contributed by atoms with Gasteiger partial charge in [0.05, 0.1) is 0 Å². The SMILES string of the molecule is CCC(OC)OCC[SiH2]CCCN. The van der Waals surface area contributed by atoms with Gasteiger partial charge in [0.15, 0.2) is 6.29 Å². The number of rotatable bonds is 9. The lowest BCUT2D eigenvalue weighted by Crippen LogP contribution is -2.15. The molecule has 1 unspecified atom stereocenters. The number of hydrogen-bond donors (Lipinski definition) is 1. The molecule has 0 rings (SSSR count). The molecule has 0 aliphatic rings. The molecule has 0 saturated carbocycles. The van der Waals surface area contributed by atoms with Gasteiger partial charge in [0, 0.05) is 23.2 Å². The van der Waals surface area contributed by atoms with E-state index in [1.165, 1.54) is 18.5 Å². The Morgan fingerprint density at radius 3 is 2.69 bits per heavy atom. The quantitative estimate of drug-likeness (QED) is 0.343. The fourth-order valence-corrected chi connectivity index (χ4v) is 2.53. The second-order valence-corrected chi connectivity index (χ2v) is 5.27. The predicted molar refractivity (Wildman–Crippen MR) is 58.9 cm³/mol. The summed E-state index contributed by atoms with van der Waals surface area (Å²) in [4.78, 5) is 0. The zero-order valence-electron chi connectivity index (χ0n) is 8.92. The molecular formula is C9H23NO2Si. The van der Waals surface area contributed by atoms with E-state index in [2.05, 4.69) is 6.92 Å². The Bertz CT molecular complexity index is 99.6. The van der Waals surface area contributed by atoms with Crippen molar-refractivity contribution in [1.29, 1.82) is 0 Å². The van der Waals surface area contributed by atoms with Crippen LogP contribution in [0.2, 0.25) is 12.1 Å². The van der Waals surface area contributed by atoms with Crippen molar-refractivity contribution in [3.8, 4) is 0 Å². The summed E-state index contributed by atoms with van der Waals surface area (Å²) in [6.45, 7) is 3.77. The monoisotopic (exact) mass is 205 g/mol. The second-order valence-electron chi connectivity index (χ2n) is 3.15. The van der Waals surface area contributed by atoms with Gasteiger partial charge in [0.1, 0.15) is 0 Å². The summed E-state index contributed by atoms with van der Waals surface area (Å²) in [6.07, 6.45) is 2.12. The molecule has 0 aromatic carbocycles. The molecule has 0 aromatic rings. The summed E-state index contributed by atoms with van der Waals surface area (Å²) < 4.78 is 10.6. The van der Waals surface area contributed by atoms with E-state index in [1.54, 1.807) is 7.11 Å². The first kappa shape index (κ1) is 13.1. The van der Waals surface area contributed by atoms with Crippen LogP contribution in [0.3, 0.4) is 0 Å².